The molecule has 0 aliphatic heterocycles. The molecule has 1 amide bonds. The van der Waals surface area contributed by atoms with Gasteiger partial charge in [-0.2, -0.15) is 10.2 Å². The molecule has 2 rings (SSSR count). The lowest BCUT2D eigenvalue weighted by Gasteiger charge is -2.04. The zero-order chi connectivity index (χ0) is 14.2. The molecule has 1 N–H and O–H groups in total. The topological polar surface area (TPSA) is 63.0 Å². The third kappa shape index (κ3) is 4.20. The van der Waals surface area contributed by atoms with Crippen LogP contribution in [0.3, 0.4) is 0 Å². The summed E-state index contributed by atoms with van der Waals surface area (Å²) in [5.74, 6) is 0.467. The molecule has 0 saturated heterocycles. The number of nitrogens with zero attached hydrogens (tertiary/aromatic N) is 2. The number of amides is 1. The van der Waals surface area contributed by atoms with Crippen LogP contribution >= 0.6 is 0 Å². The van der Waals surface area contributed by atoms with E-state index in [9.17, 15) is 4.79 Å². The molecule has 0 aliphatic carbocycles. The van der Waals surface area contributed by atoms with Gasteiger partial charge in [0.1, 0.15) is 5.75 Å². The summed E-state index contributed by atoms with van der Waals surface area (Å²) in [5.41, 5.74) is 1.48. The van der Waals surface area contributed by atoms with E-state index in [2.05, 4.69) is 15.5 Å². The number of carbonyl (C=O) groups is 1. The minimum absolute atomic E-state index is 0.467. The molecule has 0 unspecified atom stereocenters. The lowest BCUT2D eigenvalue weighted by molar-refractivity contribution is 0.201. The van der Waals surface area contributed by atoms with Crippen LogP contribution in [0.15, 0.2) is 64.8 Å². The summed E-state index contributed by atoms with van der Waals surface area (Å²) >= 11 is 0. The van der Waals surface area contributed by atoms with E-state index in [1.54, 1.807) is 24.3 Å². The van der Waals surface area contributed by atoms with E-state index in [1.807, 2.05) is 37.3 Å². The van der Waals surface area contributed by atoms with E-state index >= 15 is 0 Å². The molecule has 0 atom stereocenters. The number of nitrogens with one attached hydrogen (secondary N) is 1. The van der Waals surface area contributed by atoms with E-state index in [0.717, 1.165) is 5.69 Å². The zero-order valence-electron chi connectivity index (χ0n) is 11.1. The second-order valence-corrected chi connectivity index (χ2v) is 3.95. The first kappa shape index (κ1) is 13.7. The van der Waals surface area contributed by atoms with E-state index in [1.165, 1.54) is 0 Å². The number of azo groups is 1. The summed E-state index contributed by atoms with van der Waals surface area (Å²) < 4.78 is 5.05. The van der Waals surface area contributed by atoms with Crippen molar-refractivity contribution in [3.8, 4) is 5.75 Å². The molecule has 0 bridgehead atoms. The van der Waals surface area contributed by atoms with Gasteiger partial charge in [0.2, 0.25) is 0 Å². The number of benzene rings is 2. The van der Waals surface area contributed by atoms with Gasteiger partial charge in [-0.25, -0.2) is 4.79 Å². The van der Waals surface area contributed by atoms with Gasteiger partial charge >= 0.3 is 6.09 Å². The Hall–Kier alpha value is -2.69. The van der Waals surface area contributed by atoms with E-state index in [4.69, 9.17) is 4.74 Å². The van der Waals surface area contributed by atoms with Gasteiger partial charge in [0.15, 0.2) is 0 Å². The standard InChI is InChI=1S/C15H15N3O2/c1-2-16-15(19)20-14-10-8-13(9-11-14)18-17-12-6-4-3-5-7-12/h3-11H,2H2,1H3,(H,16,19). The fourth-order valence-electron chi connectivity index (χ4n) is 1.48. The van der Waals surface area contributed by atoms with Crippen LogP contribution in [0.1, 0.15) is 6.92 Å². The third-order valence-electron chi connectivity index (χ3n) is 2.41. The van der Waals surface area contributed by atoms with Gasteiger partial charge in [-0.05, 0) is 43.3 Å². The highest BCUT2D eigenvalue weighted by Crippen LogP contribution is 2.21. The van der Waals surface area contributed by atoms with E-state index in [-0.39, 0.29) is 0 Å². The number of rotatable bonds is 4. The van der Waals surface area contributed by atoms with Crippen molar-refractivity contribution in [1.29, 1.82) is 0 Å². The summed E-state index contributed by atoms with van der Waals surface area (Å²) in [5, 5.41) is 10.8. The second kappa shape index (κ2) is 7.04. The fourth-order valence-corrected chi connectivity index (χ4v) is 1.48. The maximum atomic E-state index is 11.2. The molecule has 0 radical (unpaired) electrons. The minimum atomic E-state index is -0.467. The molecule has 2 aromatic carbocycles. The molecule has 0 saturated carbocycles. The Morgan fingerprint density at radius 1 is 1.00 bits per heavy atom. The Balaban J connectivity index is 1.98. The molecular weight excluding hydrogens is 254 g/mol. The first-order valence-corrected chi connectivity index (χ1v) is 6.30. The molecule has 0 fully saturated rings. The molecular formula is C15H15N3O2. The minimum Gasteiger partial charge on any atom is -0.410 e. The third-order valence-corrected chi connectivity index (χ3v) is 2.41. The number of carbonyl (C=O) groups excluding carboxylic acids is 1. The van der Waals surface area contributed by atoms with Crippen LogP contribution in [-0.4, -0.2) is 12.6 Å². The van der Waals surface area contributed by atoms with Gasteiger partial charge in [-0.3, -0.25) is 0 Å². The van der Waals surface area contributed by atoms with Crippen molar-refractivity contribution < 1.29 is 9.53 Å². The average Bonchev–Trinajstić information content (AvgIpc) is 2.48. The largest absolute Gasteiger partial charge is 0.412 e. The lowest BCUT2D eigenvalue weighted by Crippen LogP contribution is -2.26. The molecule has 0 spiro atoms. The molecule has 2 aromatic rings. The highest BCUT2D eigenvalue weighted by atomic mass is 16.5. The Morgan fingerprint density at radius 2 is 1.60 bits per heavy atom. The van der Waals surface area contributed by atoms with Gasteiger partial charge < -0.3 is 10.1 Å². The van der Waals surface area contributed by atoms with Crippen LogP contribution in [0.25, 0.3) is 0 Å². The first-order chi connectivity index (χ1) is 9.78. The Bertz CT molecular complexity index is 580. The van der Waals surface area contributed by atoms with Crippen molar-refractivity contribution >= 4 is 17.5 Å². The van der Waals surface area contributed by atoms with Crippen LogP contribution in [0.5, 0.6) is 5.75 Å². The molecule has 5 nitrogen and oxygen atoms in total. The zero-order valence-corrected chi connectivity index (χ0v) is 11.1. The highest BCUT2D eigenvalue weighted by Gasteiger charge is 2.01. The van der Waals surface area contributed by atoms with Crippen LogP contribution in [-0.2, 0) is 0 Å². The Labute approximate surface area is 117 Å². The van der Waals surface area contributed by atoms with Crippen LogP contribution in [0.2, 0.25) is 0 Å². The van der Waals surface area contributed by atoms with Crippen molar-refractivity contribution in [2.75, 3.05) is 6.54 Å². The predicted molar refractivity (Wildman–Crippen MR) is 76.8 cm³/mol. The van der Waals surface area contributed by atoms with E-state index in [0.29, 0.717) is 18.0 Å². The summed E-state index contributed by atoms with van der Waals surface area (Å²) in [4.78, 5) is 11.2. The highest BCUT2D eigenvalue weighted by molar-refractivity contribution is 5.70. The maximum absolute atomic E-state index is 11.2. The number of hydrogen-bond donors (Lipinski definition) is 1. The van der Waals surface area contributed by atoms with Crippen LogP contribution < -0.4 is 10.1 Å². The van der Waals surface area contributed by atoms with Crippen molar-refractivity contribution in [2.24, 2.45) is 10.2 Å². The monoisotopic (exact) mass is 269 g/mol. The normalized spacial score (nSPS) is 10.4. The molecule has 20 heavy (non-hydrogen) atoms. The quantitative estimate of drug-likeness (QED) is 0.845. The fraction of sp³-hybridized carbons (Fsp3) is 0.133. The number of ether oxygens (including phenoxy) is 1. The van der Waals surface area contributed by atoms with Crippen LogP contribution in [0, 0.1) is 0 Å². The van der Waals surface area contributed by atoms with Gasteiger partial charge in [0, 0.05) is 6.54 Å². The Kier molecular flexibility index (Phi) is 4.83. The summed E-state index contributed by atoms with van der Waals surface area (Å²) in [7, 11) is 0. The van der Waals surface area contributed by atoms with Crippen molar-refractivity contribution in [3.63, 3.8) is 0 Å². The van der Waals surface area contributed by atoms with Crippen molar-refractivity contribution in [3.05, 3.63) is 54.6 Å². The molecule has 102 valence electrons. The SMILES string of the molecule is CCNC(=O)Oc1ccc(N=Nc2ccccc2)cc1. The lowest BCUT2D eigenvalue weighted by atomic mass is 10.3. The van der Waals surface area contributed by atoms with Crippen molar-refractivity contribution in [2.45, 2.75) is 6.92 Å². The average molecular weight is 269 g/mol. The van der Waals surface area contributed by atoms with Gasteiger partial charge in [0.05, 0.1) is 11.4 Å². The van der Waals surface area contributed by atoms with E-state index < -0.39 is 6.09 Å². The predicted octanol–water partition coefficient (Wildman–Crippen LogP) is 4.21. The first-order valence-electron chi connectivity index (χ1n) is 6.30. The molecule has 0 aliphatic rings. The molecule has 5 heteroatoms. The van der Waals surface area contributed by atoms with Crippen molar-refractivity contribution in [1.82, 2.24) is 5.32 Å². The summed E-state index contributed by atoms with van der Waals surface area (Å²) in [6.07, 6.45) is -0.467. The Morgan fingerprint density at radius 3 is 2.20 bits per heavy atom. The summed E-state index contributed by atoms with van der Waals surface area (Å²) in [6.45, 7) is 2.36. The smallest absolute Gasteiger partial charge is 0.410 e. The van der Waals surface area contributed by atoms with Crippen LogP contribution in [0.4, 0.5) is 16.2 Å². The summed E-state index contributed by atoms with van der Waals surface area (Å²) in [6, 6.07) is 16.3. The molecule has 0 heterocycles. The maximum Gasteiger partial charge on any atom is 0.412 e. The van der Waals surface area contributed by atoms with Gasteiger partial charge in [-0.1, -0.05) is 18.2 Å². The second-order valence-electron chi connectivity index (χ2n) is 3.95. The van der Waals surface area contributed by atoms with Gasteiger partial charge in [-0.15, -0.1) is 0 Å². The number of hydrogen-bond acceptors (Lipinski definition) is 4. The van der Waals surface area contributed by atoms with Gasteiger partial charge in [0.25, 0.3) is 0 Å². The molecule has 0 aromatic heterocycles.